The average molecular weight is 275 g/mol. The molecule has 2 unspecified atom stereocenters. The largest absolute Gasteiger partial charge is 0.343 e. The number of hydrogen-bond acceptors (Lipinski definition) is 2. The monoisotopic (exact) mass is 274 g/mol. The van der Waals surface area contributed by atoms with E-state index in [0.29, 0.717) is 24.9 Å². The van der Waals surface area contributed by atoms with Gasteiger partial charge in [-0.15, -0.1) is 23.2 Å². The molecule has 1 N–H and O–H groups in total. The zero-order chi connectivity index (χ0) is 11.3. The van der Waals surface area contributed by atoms with E-state index < -0.39 is 7.67 Å². The van der Waals surface area contributed by atoms with Gasteiger partial charge in [0.25, 0.3) is 0 Å². The molecule has 2 atom stereocenters. The first-order valence-corrected chi connectivity index (χ1v) is 7.67. The Labute approximate surface area is 101 Å². The van der Waals surface area contributed by atoms with Crippen LogP contribution < -0.4 is 5.09 Å². The first kappa shape index (κ1) is 13.8. The van der Waals surface area contributed by atoms with Gasteiger partial charge in [0, 0.05) is 30.9 Å². The molecule has 1 fully saturated rings. The molecule has 0 spiro atoms. The van der Waals surface area contributed by atoms with Crippen LogP contribution in [-0.4, -0.2) is 42.2 Å². The van der Waals surface area contributed by atoms with Crippen LogP contribution in [0.2, 0.25) is 0 Å². The minimum atomic E-state index is -2.90. The number of alkyl halides is 2. The van der Waals surface area contributed by atoms with Crippen molar-refractivity contribution in [1.82, 2.24) is 9.76 Å². The van der Waals surface area contributed by atoms with E-state index in [2.05, 4.69) is 5.09 Å². The fraction of sp³-hybridized carbons (Fsp3) is 1.00. The highest BCUT2D eigenvalue weighted by Crippen LogP contribution is 2.50. The van der Waals surface area contributed by atoms with Crippen molar-refractivity contribution in [3.63, 3.8) is 0 Å². The molecule has 1 aliphatic rings. The Hall–Kier alpha value is 0.690. The Morgan fingerprint density at radius 3 is 2.93 bits per heavy atom. The SMILES string of the molecule is CC(CCl)N1CCCOP1(=O)NCCCl. The van der Waals surface area contributed by atoms with Crippen molar-refractivity contribution in [2.45, 2.75) is 19.4 Å². The van der Waals surface area contributed by atoms with E-state index in [1.807, 2.05) is 11.6 Å². The summed E-state index contributed by atoms with van der Waals surface area (Å²) in [6.07, 6.45) is 0.883. The third-order valence-electron chi connectivity index (χ3n) is 2.27. The molecule has 15 heavy (non-hydrogen) atoms. The van der Waals surface area contributed by atoms with Crippen LogP contribution >= 0.6 is 30.9 Å². The van der Waals surface area contributed by atoms with Gasteiger partial charge < -0.3 is 4.52 Å². The maximum absolute atomic E-state index is 12.4. The smallest absolute Gasteiger partial charge is 0.306 e. The number of nitrogens with one attached hydrogen (secondary N) is 1. The van der Waals surface area contributed by atoms with Crippen molar-refractivity contribution in [3.05, 3.63) is 0 Å². The van der Waals surface area contributed by atoms with E-state index in [0.717, 1.165) is 13.0 Å². The Bertz CT molecular complexity index is 243. The Kier molecular flexibility index (Phi) is 5.90. The van der Waals surface area contributed by atoms with Gasteiger partial charge in [-0.1, -0.05) is 0 Å². The van der Waals surface area contributed by atoms with E-state index in [-0.39, 0.29) is 6.04 Å². The number of nitrogens with zero attached hydrogens (tertiary/aromatic N) is 1. The maximum Gasteiger partial charge on any atom is 0.343 e. The van der Waals surface area contributed by atoms with Gasteiger partial charge in [0.1, 0.15) is 0 Å². The summed E-state index contributed by atoms with van der Waals surface area (Å²) < 4.78 is 19.6. The molecule has 7 heteroatoms. The van der Waals surface area contributed by atoms with Crippen LogP contribution in [0.1, 0.15) is 13.3 Å². The van der Waals surface area contributed by atoms with Crippen molar-refractivity contribution >= 4 is 30.9 Å². The molecule has 1 heterocycles. The van der Waals surface area contributed by atoms with E-state index in [4.69, 9.17) is 27.7 Å². The zero-order valence-electron chi connectivity index (χ0n) is 8.79. The minimum absolute atomic E-state index is 0.0422. The lowest BCUT2D eigenvalue weighted by atomic mass is 10.3. The molecule has 0 aliphatic carbocycles. The number of hydrogen-bond donors (Lipinski definition) is 1. The normalized spacial score (nSPS) is 30.3. The lowest BCUT2D eigenvalue weighted by molar-refractivity contribution is 0.182. The predicted molar refractivity (Wildman–Crippen MR) is 63.8 cm³/mol. The molecular formula is C8H17Cl2N2O2P. The molecule has 0 aromatic carbocycles. The quantitative estimate of drug-likeness (QED) is 0.617. The molecule has 0 bridgehead atoms. The van der Waals surface area contributed by atoms with Gasteiger partial charge in [0.2, 0.25) is 0 Å². The summed E-state index contributed by atoms with van der Waals surface area (Å²) in [6.45, 7) is 3.69. The predicted octanol–water partition coefficient (Wildman–Crippen LogP) is 2.27. The maximum atomic E-state index is 12.4. The van der Waals surface area contributed by atoms with Gasteiger partial charge in [0.05, 0.1) is 6.61 Å². The molecule has 0 amide bonds. The van der Waals surface area contributed by atoms with Crippen molar-refractivity contribution in [2.24, 2.45) is 0 Å². The Morgan fingerprint density at radius 1 is 1.60 bits per heavy atom. The first-order chi connectivity index (χ1) is 7.14. The first-order valence-electron chi connectivity index (χ1n) is 5.03. The molecule has 90 valence electrons. The lowest BCUT2D eigenvalue weighted by Gasteiger charge is -2.38. The molecule has 1 saturated heterocycles. The van der Waals surface area contributed by atoms with Crippen LogP contribution in [0, 0.1) is 0 Å². The van der Waals surface area contributed by atoms with E-state index >= 15 is 0 Å². The van der Waals surface area contributed by atoms with Crippen LogP contribution in [0.4, 0.5) is 0 Å². The van der Waals surface area contributed by atoms with Crippen LogP contribution in [0.5, 0.6) is 0 Å². The lowest BCUT2D eigenvalue weighted by Crippen LogP contribution is -2.41. The van der Waals surface area contributed by atoms with Crippen molar-refractivity contribution in [3.8, 4) is 0 Å². The minimum Gasteiger partial charge on any atom is -0.306 e. The van der Waals surface area contributed by atoms with Crippen molar-refractivity contribution in [2.75, 3.05) is 31.5 Å². The summed E-state index contributed by atoms with van der Waals surface area (Å²) in [5.74, 6) is 0.854. The van der Waals surface area contributed by atoms with E-state index in [1.54, 1.807) is 0 Å². The number of halogens is 2. The fourth-order valence-electron chi connectivity index (χ4n) is 1.50. The van der Waals surface area contributed by atoms with Gasteiger partial charge >= 0.3 is 7.67 Å². The van der Waals surface area contributed by atoms with Gasteiger partial charge in [-0.05, 0) is 13.3 Å². The molecule has 4 nitrogen and oxygen atoms in total. The van der Waals surface area contributed by atoms with Crippen LogP contribution in [-0.2, 0) is 9.09 Å². The van der Waals surface area contributed by atoms with Gasteiger partial charge in [-0.25, -0.2) is 9.76 Å². The van der Waals surface area contributed by atoms with Crippen LogP contribution in [0.25, 0.3) is 0 Å². The summed E-state index contributed by atoms with van der Waals surface area (Å²) in [5.41, 5.74) is 0. The second-order valence-electron chi connectivity index (χ2n) is 3.47. The Morgan fingerprint density at radius 2 is 2.33 bits per heavy atom. The highest BCUT2D eigenvalue weighted by molar-refractivity contribution is 7.54. The molecule has 0 radical (unpaired) electrons. The summed E-state index contributed by atoms with van der Waals surface area (Å²) in [7, 11) is -2.90. The summed E-state index contributed by atoms with van der Waals surface area (Å²) in [6, 6.07) is 0.0422. The summed E-state index contributed by atoms with van der Waals surface area (Å²) >= 11 is 11.3. The zero-order valence-corrected chi connectivity index (χ0v) is 11.2. The average Bonchev–Trinajstić information content (AvgIpc) is 2.26. The third kappa shape index (κ3) is 3.58. The molecule has 0 aromatic rings. The highest BCUT2D eigenvalue weighted by atomic mass is 35.5. The molecule has 1 rings (SSSR count). The summed E-state index contributed by atoms with van der Waals surface area (Å²) in [5, 5.41) is 2.88. The molecule has 1 aliphatic heterocycles. The third-order valence-corrected chi connectivity index (χ3v) is 5.34. The highest BCUT2D eigenvalue weighted by Gasteiger charge is 2.37. The van der Waals surface area contributed by atoms with Gasteiger partial charge in [0.15, 0.2) is 0 Å². The van der Waals surface area contributed by atoms with E-state index in [1.165, 1.54) is 0 Å². The van der Waals surface area contributed by atoms with E-state index in [9.17, 15) is 4.57 Å². The second-order valence-corrected chi connectivity index (χ2v) is 6.29. The fourth-order valence-corrected chi connectivity index (χ4v) is 4.19. The second kappa shape index (κ2) is 6.43. The van der Waals surface area contributed by atoms with Gasteiger partial charge in [-0.2, -0.15) is 0 Å². The van der Waals surface area contributed by atoms with Crippen LogP contribution in [0.3, 0.4) is 0 Å². The molecule has 0 saturated carbocycles. The van der Waals surface area contributed by atoms with Crippen molar-refractivity contribution < 1.29 is 9.09 Å². The standard InChI is InChI=1S/C8H17Cl2N2O2P/c1-8(7-10)12-5-2-6-14-15(12,13)11-4-3-9/h8H,2-7H2,1H3,(H,11,13). The Balaban J connectivity index is 2.67. The number of rotatable bonds is 5. The molecular weight excluding hydrogens is 258 g/mol. The van der Waals surface area contributed by atoms with Crippen LogP contribution in [0.15, 0.2) is 0 Å². The topological polar surface area (TPSA) is 41.6 Å². The summed E-state index contributed by atoms with van der Waals surface area (Å²) in [4.78, 5) is 0. The van der Waals surface area contributed by atoms with Crippen molar-refractivity contribution in [1.29, 1.82) is 0 Å². The molecule has 0 aromatic heterocycles. The van der Waals surface area contributed by atoms with Gasteiger partial charge in [-0.3, -0.25) is 4.57 Å².